The lowest BCUT2D eigenvalue weighted by molar-refractivity contribution is -0.116. The third-order valence-corrected chi connectivity index (χ3v) is 4.48. The van der Waals surface area contributed by atoms with Gasteiger partial charge in [0, 0.05) is 18.8 Å². The third kappa shape index (κ3) is 4.32. The minimum Gasteiger partial charge on any atom is -0.497 e. The van der Waals surface area contributed by atoms with E-state index in [9.17, 15) is 9.59 Å². The summed E-state index contributed by atoms with van der Waals surface area (Å²) in [6.45, 7) is -0.0223. The third-order valence-electron chi connectivity index (χ3n) is 2.86. The van der Waals surface area contributed by atoms with Crippen molar-refractivity contribution in [2.24, 2.45) is 0 Å². The van der Waals surface area contributed by atoms with Crippen molar-refractivity contribution >= 4 is 44.8 Å². The molecule has 5 nitrogen and oxygen atoms in total. The first-order valence-corrected chi connectivity index (χ1v) is 8.05. The fourth-order valence-corrected chi connectivity index (χ4v) is 3.19. The summed E-state index contributed by atoms with van der Waals surface area (Å²) in [5, 5.41) is 2.74. The van der Waals surface area contributed by atoms with E-state index in [2.05, 4.69) is 21.2 Å². The Morgan fingerprint density at radius 1 is 1.32 bits per heavy atom. The molecule has 2 rings (SSSR count). The molecule has 0 aliphatic rings. The van der Waals surface area contributed by atoms with Crippen LogP contribution in [0.3, 0.4) is 0 Å². The maximum Gasteiger partial charge on any atom is 0.264 e. The first kappa shape index (κ1) is 16.5. The van der Waals surface area contributed by atoms with Crippen molar-refractivity contribution in [3.8, 4) is 5.75 Å². The van der Waals surface area contributed by atoms with Crippen LogP contribution in [0.15, 0.2) is 40.2 Å². The normalized spacial score (nSPS) is 10.1. The van der Waals surface area contributed by atoms with Gasteiger partial charge < -0.3 is 15.0 Å². The fourth-order valence-electron chi connectivity index (χ4n) is 1.81. The predicted octanol–water partition coefficient (Wildman–Crippen LogP) is 3.23. The van der Waals surface area contributed by atoms with Crippen molar-refractivity contribution in [1.82, 2.24) is 4.90 Å². The Bertz CT molecular complexity index is 687. The summed E-state index contributed by atoms with van der Waals surface area (Å²) in [5.41, 5.74) is 0.629. The van der Waals surface area contributed by atoms with Gasteiger partial charge in [-0.15, -0.1) is 11.3 Å². The van der Waals surface area contributed by atoms with Crippen LogP contribution in [0.5, 0.6) is 5.75 Å². The number of hydrogen-bond acceptors (Lipinski definition) is 4. The minimum absolute atomic E-state index is 0.0223. The quantitative estimate of drug-likeness (QED) is 0.863. The lowest BCUT2D eigenvalue weighted by Crippen LogP contribution is -2.34. The molecule has 0 radical (unpaired) electrons. The first-order valence-electron chi connectivity index (χ1n) is 6.44. The van der Waals surface area contributed by atoms with Gasteiger partial charge in [0.1, 0.15) is 5.75 Å². The van der Waals surface area contributed by atoms with Crippen LogP contribution in [0.2, 0.25) is 0 Å². The SMILES string of the molecule is COc1cccc(NC(=O)CN(C)C(=O)c2ccc(Br)s2)c1. The van der Waals surface area contributed by atoms with Crippen molar-refractivity contribution in [3.63, 3.8) is 0 Å². The number of ether oxygens (including phenoxy) is 1. The van der Waals surface area contributed by atoms with Crippen molar-refractivity contribution in [2.45, 2.75) is 0 Å². The van der Waals surface area contributed by atoms with E-state index in [1.807, 2.05) is 6.07 Å². The van der Waals surface area contributed by atoms with Crippen LogP contribution in [0, 0.1) is 0 Å². The van der Waals surface area contributed by atoms with Gasteiger partial charge in [-0.25, -0.2) is 0 Å². The van der Waals surface area contributed by atoms with Gasteiger partial charge in [-0.2, -0.15) is 0 Å². The number of hydrogen-bond donors (Lipinski definition) is 1. The van der Waals surface area contributed by atoms with Crippen LogP contribution >= 0.6 is 27.3 Å². The number of anilines is 1. The van der Waals surface area contributed by atoms with Crippen molar-refractivity contribution in [2.75, 3.05) is 26.0 Å². The molecule has 0 unspecified atom stereocenters. The van der Waals surface area contributed by atoms with E-state index in [0.717, 1.165) is 3.79 Å². The molecule has 0 aliphatic heterocycles. The van der Waals surface area contributed by atoms with E-state index in [0.29, 0.717) is 16.3 Å². The lowest BCUT2D eigenvalue weighted by atomic mass is 10.3. The summed E-state index contributed by atoms with van der Waals surface area (Å²) in [7, 11) is 3.16. The smallest absolute Gasteiger partial charge is 0.264 e. The average Bonchev–Trinajstić information content (AvgIpc) is 2.93. The summed E-state index contributed by atoms with van der Waals surface area (Å²) in [6, 6.07) is 10.6. The molecule has 0 atom stereocenters. The molecule has 2 aromatic rings. The molecule has 0 saturated carbocycles. The van der Waals surface area contributed by atoms with Gasteiger partial charge >= 0.3 is 0 Å². The molecule has 1 aromatic heterocycles. The fraction of sp³-hybridized carbons (Fsp3) is 0.200. The van der Waals surface area contributed by atoms with Crippen LogP contribution in [-0.2, 0) is 4.79 Å². The van der Waals surface area contributed by atoms with Gasteiger partial charge in [-0.3, -0.25) is 9.59 Å². The minimum atomic E-state index is -0.264. The Balaban J connectivity index is 1.94. The number of methoxy groups -OCH3 is 1. The monoisotopic (exact) mass is 382 g/mol. The molecule has 0 spiro atoms. The maximum absolute atomic E-state index is 12.2. The van der Waals surface area contributed by atoms with E-state index in [4.69, 9.17) is 4.74 Å². The highest BCUT2D eigenvalue weighted by Gasteiger charge is 2.16. The molecule has 1 N–H and O–H groups in total. The van der Waals surface area contributed by atoms with Gasteiger partial charge in [0.15, 0.2) is 0 Å². The number of amides is 2. The molecule has 7 heteroatoms. The second kappa shape index (κ2) is 7.42. The van der Waals surface area contributed by atoms with E-state index < -0.39 is 0 Å². The Morgan fingerprint density at radius 2 is 2.09 bits per heavy atom. The predicted molar refractivity (Wildman–Crippen MR) is 90.6 cm³/mol. The van der Waals surface area contributed by atoms with E-state index in [1.165, 1.54) is 16.2 Å². The zero-order valence-electron chi connectivity index (χ0n) is 12.1. The second-order valence-corrected chi connectivity index (χ2v) is 7.01. The summed E-state index contributed by atoms with van der Waals surface area (Å²) < 4.78 is 5.98. The standard InChI is InChI=1S/C15H15BrN2O3S/c1-18(15(20)12-6-7-13(16)22-12)9-14(19)17-10-4-3-5-11(8-10)21-2/h3-8H,9H2,1-2H3,(H,17,19). The molecule has 22 heavy (non-hydrogen) atoms. The molecular weight excluding hydrogens is 368 g/mol. The van der Waals surface area contributed by atoms with Gasteiger partial charge in [-0.1, -0.05) is 6.07 Å². The molecule has 0 saturated heterocycles. The van der Waals surface area contributed by atoms with Gasteiger partial charge in [0.2, 0.25) is 5.91 Å². The number of halogens is 1. The number of benzene rings is 1. The molecular formula is C15H15BrN2O3S. The van der Waals surface area contributed by atoms with Crippen LogP contribution in [0.4, 0.5) is 5.69 Å². The Morgan fingerprint density at radius 3 is 2.73 bits per heavy atom. The molecule has 2 amide bonds. The summed E-state index contributed by atoms with van der Waals surface area (Å²) in [4.78, 5) is 26.1. The molecule has 0 bridgehead atoms. The number of thiophene rings is 1. The highest BCUT2D eigenvalue weighted by Crippen LogP contribution is 2.23. The molecule has 116 valence electrons. The number of likely N-dealkylation sites (N-methyl/N-ethyl adjacent to an activating group) is 1. The maximum atomic E-state index is 12.2. The lowest BCUT2D eigenvalue weighted by Gasteiger charge is -2.16. The number of carbonyl (C=O) groups is 2. The number of carbonyl (C=O) groups excluding carboxylic acids is 2. The van der Waals surface area contributed by atoms with Crippen LogP contribution in [0.1, 0.15) is 9.67 Å². The van der Waals surface area contributed by atoms with Crippen molar-refractivity contribution in [1.29, 1.82) is 0 Å². The topological polar surface area (TPSA) is 58.6 Å². The zero-order chi connectivity index (χ0) is 16.1. The summed E-state index contributed by atoms with van der Waals surface area (Å²) in [6.07, 6.45) is 0. The Kier molecular flexibility index (Phi) is 5.57. The molecule has 0 fully saturated rings. The van der Waals surface area contributed by atoms with Crippen molar-refractivity contribution in [3.05, 3.63) is 45.1 Å². The Labute approximate surface area is 141 Å². The molecule has 1 heterocycles. The van der Waals surface area contributed by atoms with Gasteiger partial charge in [-0.05, 0) is 40.2 Å². The van der Waals surface area contributed by atoms with Crippen LogP contribution in [0.25, 0.3) is 0 Å². The van der Waals surface area contributed by atoms with Crippen LogP contribution < -0.4 is 10.1 Å². The second-order valence-electron chi connectivity index (χ2n) is 4.55. The average molecular weight is 383 g/mol. The van der Waals surface area contributed by atoms with Gasteiger partial charge in [0.25, 0.3) is 5.91 Å². The molecule has 1 aromatic carbocycles. The van der Waals surface area contributed by atoms with E-state index in [1.54, 1.807) is 44.5 Å². The van der Waals surface area contributed by atoms with E-state index >= 15 is 0 Å². The summed E-state index contributed by atoms with van der Waals surface area (Å²) >= 11 is 4.65. The highest BCUT2D eigenvalue weighted by molar-refractivity contribution is 9.11. The van der Waals surface area contributed by atoms with Gasteiger partial charge in [0.05, 0.1) is 22.3 Å². The Hall–Kier alpha value is -1.86. The number of nitrogens with one attached hydrogen (secondary N) is 1. The number of nitrogens with zero attached hydrogens (tertiary/aromatic N) is 1. The van der Waals surface area contributed by atoms with Crippen molar-refractivity contribution < 1.29 is 14.3 Å². The largest absolute Gasteiger partial charge is 0.497 e. The number of rotatable bonds is 5. The first-order chi connectivity index (χ1) is 10.5. The molecule has 0 aliphatic carbocycles. The van der Waals surface area contributed by atoms with E-state index in [-0.39, 0.29) is 18.4 Å². The highest BCUT2D eigenvalue weighted by atomic mass is 79.9. The zero-order valence-corrected chi connectivity index (χ0v) is 14.5. The summed E-state index contributed by atoms with van der Waals surface area (Å²) in [5.74, 6) is 0.210. The van der Waals surface area contributed by atoms with Crippen LogP contribution in [-0.4, -0.2) is 37.4 Å².